The molecule has 0 radical (unpaired) electrons. The van der Waals surface area contributed by atoms with Crippen molar-refractivity contribution in [2.45, 2.75) is 72.4 Å². The Morgan fingerprint density at radius 2 is 1.68 bits per heavy atom. The van der Waals surface area contributed by atoms with Crippen molar-refractivity contribution in [1.29, 1.82) is 0 Å². The highest BCUT2D eigenvalue weighted by Gasteiger charge is 2.29. The molecular weight excluding hydrogens is 510 g/mol. The number of sulfonamides is 1. The number of benzene rings is 2. The van der Waals surface area contributed by atoms with Gasteiger partial charge in [-0.3, -0.25) is 13.9 Å². The monoisotopic (exact) mass is 549 g/mol. The van der Waals surface area contributed by atoms with Gasteiger partial charge in [0.25, 0.3) is 0 Å². The minimum Gasteiger partial charge on any atom is -0.354 e. The fourth-order valence-corrected chi connectivity index (χ4v) is 5.48. The Hall–Kier alpha value is -2.58. The fourth-order valence-electron chi connectivity index (χ4n) is 4.33. The number of hydrogen-bond donors (Lipinski definition) is 1. The standard InChI is InChI=1S/C28H40ClN3O4S/c1-6-8-15-30-28(34)26(7-2)31(20-23-12-9-10-13-25(23)29)27(33)14-11-16-32(37(5,35)36)24-18-21(3)17-22(4)19-24/h9-10,12-13,17-19,26H,6-8,11,14-16,20H2,1-5H3,(H,30,34). The molecule has 1 unspecified atom stereocenters. The van der Waals surface area contributed by atoms with E-state index in [2.05, 4.69) is 12.2 Å². The highest BCUT2D eigenvalue weighted by molar-refractivity contribution is 7.92. The van der Waals surface area contributed by atoms with Gasteiger partial charge >= 0.3 is 0 Å². The van der Waals surface area contributed by atoms with Gasteiger partial charge in [-0.05, 0) is 68.0 Å². The molecule has 2 amide bonds. The van der Waals surface area contributed by atoms with Crippen molar-refractivity contribution >= 4 is 39.1 Å². The summed E-state index contributed by atoms with van der Waals surface area (Å²) < 4.78 is 26.5. The third kappa shape index (κ3) is 9.34. The molecule has 2 aromatic rings. The largest absolute Gasteiger partial charge is 0.354 e. The van der Waals surface area contributed by atoms with E-state index in [4.69, 9.17) is 11.6 Å². The van der Waals surface area contributed by atoms with E-state index in [0.29, 0.717) is 30.1 Å². The maximum Gasteiger partial charge on any atom is 0.242 e. The van der Waals surface area contributed by atoms with E-state index in [9.17, 15) is 18.0 Å². The van der Waals surface area contributed by atoms with Crippen LogP contribution in [-0.2, 0) is 26.2 Å². The molecule has 2 rings (SSSR count). The smallest absolute Gasteiger partial charge is 0.242 e. The molecule has 204 valence electrons. The van der Waals surface area contributed by atoms with Crippen molar-refractivity contribution < 1.29 is 18.0 Å². The predicted molar refractivity (Wildman–Crippen MR) is 151 cm³/mol. The summed E-state index contributed by atoms with van der Waals surface area (Å²) in [5.74, 6) is -0.407. The molecule has 2 aromatic carbocycles. The molecule has 0 fully saturated rings. The fraction of sp³-hybridized carbons (Fsp3) is 0.500. The van der Waals surface area contributed by atoms with Crippen molar-refractivity contribution in [3.05, 3.63) is 64.2 Å². The number of halogens is 1. The molecule has 0 aromatic heterocycles. The van der Waals surface area contributed by atoms with E-state index in [1.807, 2.05) is 57.2 Å². The van der Waals surface area contributed by atoms with Crippen molar-refractivity contribution in [3.63, 3.8) is 0 Å². The van der Waals surface area contributed by atoms with Crippen molar-refractivity contribution in [1.82, 2.24) is 10.2 Å². The van der Waals surface area contributed by atoms with Crippen LogP contribution in [0.1, 0.15) is 62.6 Å². The van der Waals surface area contributed by atoms with Gasteiger partial charge in [-0.25, -0.2) is 8.42 Å². The highest BCUT2D eigenvalue weighted by atomic mass is 35.5. The number of unbranched alkanes of at least 4 members (excludes halogenated alkanes) is 1. The summed E-state index contributed by atoms with van der Waals surface area (Å²) in [6.07, 6.45) is 3.85. The molecule has 0 saturated carbocycles. The third-order valence-corrected chi connectivity index (χ3v) is 7.72. The van der Waals surface area contributed by atoms with Crippen LogP contribution in [0.4, 0.5) is 5.69 Å². The molecule has 0 spiro atoms. The molecule has 0 aliphatic carbocycles. The van der Waals surface area contributed by atoms with Gasteiger partial charge in [0, 0.05) is 31.1 Å². The van der Waals surface area contributed by atoms with Crippen LogP contribution in [0.15, 0.2) is 42.5 Å². The average Bonchev–Trinajstić information content (AvgIpc) is 2.81. The van der Waals surface area contributed by atoms with Crippen molar-refractivity contribution in [2.75, 3.05) is 23.7 Å². The minimum absolute atomic E-state index is 0.0972. The van der Waals surface area contributed by atoms with Gasteiger partial charge < -0.3 is 10.2 Å². The second-order valence-corrected chi connectivity index (χ2v) is 11.8. The summed E-state index contributed by atoms with van der Waals surface area (Å²) >= 11 is 6.38. The highest BCUT2D eigenvalue weighted by Crippen LogP contribution is 2.23. The maximum absolute atomic E-state index is 13.5. The van der Waals surface area contributed by atoms with Crippen LogP contribution in [0.25, 0.3) is 0 Å². The number of nitrogens with zero attached hydrogens (tertiary/aromatic N) is 2. The van der Waals surface area contributed by atoms with Gasteiger partial charge in [-0.2, -0.15) is 0 Å². The third-order valence-electron chi connectivity index (χ3n) is 6.16. The van der Waals surface area contributed by atoms with Crippen LogP contribution >= 0.6 is 11.6 Å². The van der Waals surface area contributed by atoms with Gasteiger partial charge in [0.05, 0.1) is 11.9 Å². The molecule has 9 heteroatoms. The summed E-state index contributed by atoms with van der Waals surface area (Å²) in [5.41, 5.74) is 3.27. The number of carbonyl (C=O) groups is 2. The first-order chi connectivity index (χ1) is 17.5. The van der Waals surface area contributed by atoms with Crippen LogP contribution in [0.3, 0.4) is 0 Å². The number of carbonyl (C=O) groups excluding carboxylic acids is 2. The summed E-state index contributed by atoms with van der Waals surface area (Å²) in [5, 5.41) is 3.47. The normalized spacial score (nSPS) is 12.2. The molecule has 0 aliphatic rings. The Balaban J connectivity index is 2.23. The van der Waals surface area contributed by atoms with Crippen LogP contribution < -0.4 is 9.62 Å². The van der Waals surface area contributed by atoms with E-state index in [0.717, 1.165) is 29.5 Å². The van der Waals surface area contributed by atoms with E-state index < -0.39 is 16.1 Å². The quantitative estimate of drug-likeness (QED) is 0.327. The van der Waals surface area contributed by atoms with E-state index in [1.54, 1.807) is 11.0 Å². The molecule has 1 atom stereocenters. The summed E-state index contributed by atoms with van der Waals surface area (Å²) in [6.45, 7) is 8.68. The summed E-state index contributed by atoms with van der Waals surface area (Å²) in [6, 6.07) is 12.3. The maximum atomic E-state index is 13.5. The molecule has 0 aliphatic heterocycles. The molecule has 1 N–H and O–H groups in total. The molecule has 0 heterocycles. The zero-order valence-corrected chi connectivity index (χ0v) is 24.2. The molecular formula is C28H40ClN3O4S. The molecule has 7 nitrogen and oxygen atoms in total. The second kappa shape index (κ2) is 14.4. The number of anilines is 1. The predicted octanol–water partition coefficient (Wildman–Crippen LogP) is 5.23. The first-order valence-corrected chi connectivity index (χ1v) is 15.1. The van der Waals surface area contributed by atoms with Crippen LogP contribution in [0.2, 0.25) is 5.02 Å². The Morgan fingerprint density at radius 3 is 2.24 bits per heavy atom. The van der Waals surface area contributed by atoms with Gasteiger partial charge in [0.2, 0.25) is 21.8 Å². The van der Waals surface area contributed by atoms with Gasteiger partial charge in [-0.15, -0.1) is 0 Å². The second-order valence-electron chi connectivity index (χ2n) is 9.47. The lowest BCUT2D eigenvalue weighted by atomic mass is 10.1. The molecule has 0 saturated heterocycles. The number of aryl methyl sites for hydroxylation is 2. The van der Waals surface area contributed by atoms with Crippen molar-refractivity contribution in [2.24, 2.45) is 0 Å². The Kier molecular flexibility index (Phi) is 11.9. The Morgan fingerprint density at radius 1 is 1.03 bits per heavy atom. The van der Waals surface area contributed by atoms with Crippen LogP contribution in [-0.4, -0.2) is 50.5 Å². The molecule has 0 bridgehead atoms. The Bertz CT molecular complexity index is 1150. The molecule has 37 heavy (non-hydrogen) atoms. The lowest BCUT2D eigenvalue weighted by Gasteiger charge is -2.31. The summed E-state index contributed by atoms with van der Waals surface area (Å²) in [4.78, 5) is 28.1. The lowest BCUT2D eigenvalue weighted by Crippen LogP contribution is -2.49. The van der Waals surface area contributed by atoms with Crippen molar-refractivity contribution in [3.8, 4) is 0 Å². The summed E-state index contributed by atoms with van der Waals surface area (Å²) in [7, 11) is -3.54. The van der Waals surface area contributed by atoms with Crippen LogP contribution in [0, 0.1) is 13.8 Å². The van der Waals surface area contributed by atoms with E-state index in [-0.39, 0.29) is 31.3 Å². The topological polar surface area (TPSA) is 86.8 Å². The SMILES string of the molecule is CCCCNC(=O)C(CC)N(Cc1ccccc1Cl)C(=O)CCCN(c1cc(C)cc(C)c1)S(C)(=O)=O. The zero-order chi connectivity index (χ0) is 27.6. The lowest BCUT2D eigenvalue weighted by molar-refractivity contribution is -0.141. The first-order valence-electron chi connectivity index (χ1n) is 12.8. The number of amides is 2. The minimum atomic E-state index is -3.54. The van der Waals surface area contributed by atoms with E-state index >= 15 is 0 Å². The number of rotatable bonds is 14. The number of hydrogen-bond acceptors (Lipinski definition) is 4. The Labute approximate surface area is 227 Å². The van der Waals surface area contributed by atoms with E-state index in [1.165, 1.54) is 10.6 Å². The number of nitrogens with one attached hydrogen (secondary N) is 1. The van der Waals surface area contributed by atoms with Crippen LogP contribution in [0.5, 0.6) is 0 Å². The van der Waals surface area contributed by atoms with Gasteiger partial charge in [0.1, 0.15) is 6.04 Å². The average molecular weight is 550 g/mol. The zero-order valence-electron chi connectivity index (χ0n) is 22.6. The van der Waals surface area contributed by atoms with Gasteiger partial charge in [0.15, 0.2) is 0 Å². The first kappa shape index (κ1) is 30.6. The van der Waals surface area contributed by atoms with Gasteiger partial charge in [-0.1, -0.05) is 56.1 Å².